The fourth-order valence-corrected chi connectivity index (χ4v) is 2.08. The van der Waals surface area contributed by atoms with Crippen molar-refractivity contribution < 1.29 is 19.1 Å². The maximum absolute atomic E-state index is 13.2. The van der Waals surface area contributed by atoms with Crippen molar-refractivity contribution in [3.8, 4) is 0 Å². The Bertz CT molecular complexity index is 506. The maximum Gasteiger partial charge on any atom is 0.308 e. The predicted molar refractivity (Wildman–Crippen MR) is 63.1 cm³/mol. The van der Waals surface area contributed by atoms with Crippen LogP contribution in [-0.4, -0.2) is 35.0 Å². The minimum absolute atomic E-state index is 0.0450. The molecule has 0 aliphatic carbocycles. The van der Waals surface area contributed by atoms with E-state index < -0.39 is 17.7 Å². The van der Waals surface area contributed by atoms with E-state index in [0.29, 0.717) is 13.0 Å². The number of carboxylic acids is 1. The standard InChI is InChI=1S/C12H11ClFNO3/c13-9-2-1-7(5-10(9)14)11(16)15-4-3-8(6-15)12(17)18/h1-2,5,8H,3-4,6H2,(H,17,18). The molecule has 0 aromatic heterocycles. The van der Waals surface area contributed by atoms with Crippen LogP contribution in [0, 0.1) is 11.7 Å². The van der Waals surface area contributed by atoms with Gasteiger partial charge in [0.25, 0.3) is 5.91 Å². The highest BCUT2D eigenvalue weighted by Crippen LogP contribution is 2.21. The smallest absolute Gasteiger partial charge is 0.308 e. The molecule has 1 aromatic carbocycles. The molecule has 1 amide bonds. The quantitative estimate of drug-likeness (QED) is 0.895. The van der Waals surface area contributed by atoms with Gasteiger partial charge in [-0.25, -0.2) is 4.39 Å². The number of rotatable bonds is 2. The summed E-state index contributed by atoms with van der Waals surface area (Å²) in [7, 11) is 0. The van der Waals surface area contributed by atoms with Crippen molar-refractivity contribution in [2.45, 2.75) is 6.42 Å². The molecule has 0 saturated carbocycles. The Morgan fingerprint density at radius 2 is 2.17 bits per heavy atom. The topological polar surface area (TPSA) is 57.6 Å². The molecule has 1 aliphatic heterocycles. The fourth-order valence-electron chi connectivity index (χ4n) is 1.96. The van der Waals surface area contributed by atoms with E-state index in [2.05, 4.69) is 0 Å². The number of carbonyl (C=O) groups excluding carboxylic acids is 1. The second-order valence-corrected chi connectivity index (χ2v) is 4.61. The summed E-state index contributed by atoms with van der Waals surface area (Å²) in [5.41, 5.74) is 0.183. The Morgan fingerprint density at radius 1 is 1.44 bits per heavy atom. The van der Waals surface area contributed by atoms with Gasteiger partial charge in [-0.1, -0.05) is 11.6 Å². The van der Waals surface area contributed by atoms with Crippen LogP contribution in [0.1, 0.15) is 16.8 Å². The molecular formula is C12H11ClFNO3. The van der Waals surface area contributed by atoms with Crippen LogP contribution in [0.15, 0.2) is 18.2 Å². The third kappa shape index (κ3) is 2.46. The zero-order valence-electron chi connectivity index (χ0n) is 9.40. The minimum Gasteiger partial charge on any atom is -0.481 e. The Hall–Kier alpha value is -1.62. The molecule has 0 radical (unpaired) electrons. The molecule has 0 spiro atoms. The summed E-state index contributed by atoms with van der Waals surface area (Å²) in [6.07, 6.45) is 0.428. The average Bonchev–Trinajstić information content (AvgIpc) is 2.81. The van der Waals surface area contributed by atoms with Gasteiger partial charge >= 0.3 is 5.97 Å². The van der Waals surface area contributed by atoms with Crippen molar-refractivity contribution in [2.24, 2.45) is 5.92 Å². The largest absolute Gasteiger partial charge is 0.481 e. The van der Waals surface area contributed by atoms with Gasteiger partial charge in [-0.15, -0.1) is 0 Å². The van der Waals surface area contributed by atoms with Gasteiger partial charge in [-0.2, -0.15) is 0 Å². The Kier molecular flexibility index (Phi) is 3.52. The molecule has 1 fully saturated rings. The number of aliphatic carboxylic acids is 1. The van der Waals surface area contributed by atoms with Crippen molar-refractivity contribution in [2.75, 3.05) is 13.1 Å². The molecule has 1 atom stereocenters. The third-order valence-corrected chi connectivity index (χ3v) is 3.30. The summed E-state index contributed by atoms with van der Waals surface area (Å²) in [5.74, 6) is -2.47. The number of likely N-dealkylation sites (tertiary alicyclic amines) is 1. The predicted octanol–water partition coefficient (Wildman–Crippen LogP) is 2.03. The summed E-state index contributed by atoms with van der Waals surface area (Å²) < 4.78 is 13.2. The normalized spacial score (nSPS) is 19.0. The van der Waals surface area contributed by atoms with E-state index in [1.807, 2.05) is 0 Å². The van der Waals surface area contributed by atoms with Gasteiger partial charge in [-0.3, -0.25) is 9.59 Å². The van der Waals surface area contributed by atoms with Gasteiger partial charge in [0, 0.05) is 18.7 Å². The Balaban J connectivity index is 2.12. The molecule has 1 aliphatic rings. The van der Waals surface area contributed by atoms with E-state index in [9.17, 15) is 14.0 Å². The fraction of sp³-hybridized carbons (Fsp3) is 0.333. The molecule has 4 nitrogen and oxygen atoms in total. The van der Waals surface area contributed by atoms with Gasteiger partial charge in [0.2, 0.25) is 0 Å². The van der Waals surface area contributed by atoms with E-state index >= 15 is 0 Å². The molecule has 1 saturated heterocycles. The Morgan fingerprint density at radius 3 is 2.72 bits per heavy atom. The lowest BCUT2D eigenvalue weighted by molar-refractivity contribution is -0.141. The van der Waals surface area contributed by atoms with Crippen molar-refractivity contribution in [1.29, 1.82) is 0 Å². The van der Waals surface area contributed by atoms with Gasteiger partial charge in [0.05, 0.1) is 10.9 Å². The van der Waals surface area contributed by atoms with Crippen LogP contribution in [0.3, 0.4) is 0 Å². The maximum atomic E-state index is 13.2. The first-order valence-electron chi connectivity index (χ1n) is 5.46. The number of carboxylic acid groups (broad SMARTS) is 1. The van der Waals surface area contributed by atoms with Crippen LogP contribution in [0.25, 0.3) is 0 Å². The molecule has 1 heterocycles. The summed E-state index contributed by atoms with van der Waals surface area (Å²) >= 11 is 5.53. The van der Waals surface area contributed by atoms with Crippen molar-refractivity contribution in [3.05, 3.63) is 34.6 Å². The molecule has 1 N–H and O–H groups in total. The molecule has 0 bridgehead atoms. The zero-order chi connectivity index (χ0) is 13.3. The molecular weight excluding hydrogens is 261 g/mol. The number of hydrogen-bond acceptors (Lipinski definition) is 2. The van der Waals surface area contributed by atoms with Crippen molar-refractivity contribution in [1.82, 2.24) is 4.90 Å². The van der Waals surface area contributed by atoms with Gasteiger partial charge in [-0.05, 0) is 24.6 Å². The number of benzene rings is 1. The molecule has 1 unspecified atom stereocenters. The van der Waals surface area contributed by atoms with E-state index in [0.717, 1.165) is 6.07 Å². The van der Waals surface area contributed by atoms with E-state index in [-0.39, 0.29) is 23.0 Å². The van der Waals surface area contributed by atoms with Gasteiger partial charge < -0.3 is 10.0 Å². The number of hydrogen-bond donors (Lipinski definition) is 1. The summed E-state index contributed by atoms with van der Waals surface area (Å²) in [6, 6.07) is 3.81. The highest BCUT2D eigenvalue weighted by Gasteiger charge is 2.31. The van der Waals surface area contributed by atoms with Gasteiger partial charge in [0.1, 0.15) is 5.82 Å². The van der Waals surface area contributed by atoms with Crippen molar-refractivity contribution >= 4 is 23.5 Å². The number of nitrogens with zero attached hydrogens (tertiary/aromatic N) is 1. The highest BCUT2D eigenvalue weighted by molar-refractivity contribution is 6.30. The minimum atomic E-state index is -0.910. The summed E-state index contributed by atoms with van der Waals surface area (Å²) in [5, 5.41) is 8.80. The first kappa shape index (κ1) is 12.8. The molecule has 96 valence electrons. The van der Waals surface area contributed by atoms with Crippen LogP contribution in [-0.2, 0) is 4.79 Å². The highest BCUT2D eigenvalue weighted by atomic mass is 35.5. The SMILES string of the molecule is O=C(O)C1CCN(C(=O)c2ccc(Cl)c(F)c2)C1. The van der Waals surface area contributed by atoms with Crippen molar-refractivity contribution in [3.63, 3.8) is 0 Å². The molecule has 6 heteroatoms. The Labute approximate surface area is 108 Å². The van der Waals surface area contributed by atoms with E-state index in [1.54, 1.807) is 0 Å². The lowest BCUT2D eigenvalue weighted by Gasteiger charge is -2.15. The van der Waals surface area contributed by atoms with Crippen LogP contribution in [0.2, 0.25) is 5.02 Å². The van der Waals surface area contributed by atoms with E-state index in [1.165, 1.54) is 17.0 Å². The first-order chi connectivity index (χ1) is 8.49. The second kappa shape index (κ2) is 4.94. The molecule has 2 rings (SSSR count). The van der Waals surface area contributed by atoms with Crippen LogP contribution in [0.5, 0.6) is 0 Å². The lowest BCUT2D eigenvalue weighted by Crippen LogP contribution is -2.30. The first-order valence-corrected chi connectivity index (χ1v) is 5.84. The van der Waals surface area contributed by atoms with Crippen LogP contribution < -0.4 is 0 Å². The monoisotopic (exact) mass is 271 g/mol. The number of halogens is 2. The average molecular weight is 272 g/mol. The number of amides is 1. The van der Waals surface area contributed by atoms with Crippen LogP contribution >= 0.6 is 11.6 Å². The molecule has 1 aromatic rings. The lowest BCUT2D eigenvalue weighted by atomic mass is 10.1. The summed E-state index contributed by atoms with van der Waals surface area (Å²) in [4.78, 5) is 24.2. The van der Waals surface area contributed by atoms with Gasteiger partial charge in [0.15, 0.2) is 0 Å². The molecule has 18 heavy (non-hydrogen) atoms. The second-order valence-electron chi connectivity index (χ2n) is 4.20. The number of carbonyl (C=O) groups is 2. The summed E-state index contributed by atoms with van der Waals surface area (Å²) in [6.45, 7) is 0.540. The van der Waals surface area contributed by atoms with Crippen LogP contribution in [0.4, 0.5) is 4.39 Å². The zero-order valence-corrected chi connectivity index (χ0v) is 10.2. The third-order valence-electron chi connectivity index (χ3n) is 2.99. The van der Waals surface area contributed by atoms with E-state index in [4.69, 9.17) is 16.7 Å².